The highest BCUT2D eigenvalue weighted by Gasteiger charge is 2.22. The summed E-state index contributed by atoms with van der Waals surface area (Å²) in [5.41, 5.74) is 0.356. The van der Waals surface area contributed by atoms with E-state index in [1.54, 1.807) is 13.0 Å². The first-order chi connectivity index (χ1) is 13.2. The Morgan fingerprint density at radius 3 is 2.36 bits per heavy atom. The molecule has 28 heavy (non-hydrogen) atoms. The zero-order chi connectivity index (χ0) is 20.4. The van der Waals surface area contributed by atoms with Crippen LogP contribution in [0, 0.1) is 12.7 Å². The third kappa shape index (κ3) is 4.53. The van der Waals surface area contributed by atoms with Gasteiger partial charge in [-0.3, -0.25) is 9.44 Å². The number of allylic oxidation sites excluding steroid dienone is 2. The maximum absolute atomic E-state index is 13.8. The first kappa shape index (κ1) is 20.3. The highest BCUT2D eigenvalue weighted by molar-refractivity contribution is 7.96. The van der Waals surface area contributed by atoms with Gasteiger partial charge in [-0.15, -0.1) is 0 Å². The molecule has 9 heteroatoms. The van der Waals surface area contributed by atoms with Crippen molar-refractivity contribution in [2.45, 2.75) is 37.5 Å². The Morgan fingerprint density at radius 2 is 1.68 bits per heavy atom. The zero-order valence-electron chi connectivity index (χ0n) is 15.3. The van der Waals surface area contributed by atoms with E-state index in [0.29, 0.717) is 23.3 Å². The molecule has 150 valence electrons. The number of benzene rings is 2. The predicted octanol–water partition coefficient (Wildman–Crippen LogP) is 4.13. The number of nitrogens with one attached hydrogen (secondary N) is 2. The number of anilines is 2. The second-order valence-electron chi connectivity index (χ2n) is 6.59. The van der Waals surface area contributed by atoms with Crippen LogP contribution >= 0.6 is 0 Å². The van der Waals surface area contributed by atoms with E-state index < -0.39 is 25.9 Å². The van der Waals surface area contributed by atoms with Crippen molar-refractivity contribution in [3.8, 4) is 0 Å². The van der Waals surface area contributed by atoms with E-state index in [-0.39, 0.29) is 16.3 Å². The summed E-state index contributed by atoms with van der Waals surface area (Å²) in [5, 5.41) is 0. The van der Waals surface area contributed by atoms with Crippen LogP contribution in [0.25, 0.3) is 0 Å². The summed E-state index contributed by atoms with van der Waals surface area (Å²) >= 11 is 0. The van der Waals surface area contributed by atoms with Gasteiger partial charge in [0.25, 0.3) is 20.0 Å². The SMILES string of the molecule is Cc1ccc(NS(=O)(=O)C2=CCCCC2)cc1S(=O)(=O)Nc1ccccc1F. The van der Waals surface area contributed by atoms with Gasteiger partial charge < -0.3 is 0 Å². The molecule has 0 saturated carbocycles. The summed E-state index contributed by atoms with van der Waals surface area (Å²) < 4.78 is 69.0. The highest BCUT2D eigenvalue weighted by Crippen LogP contribution is 2.27. The second kappa shape index (κ2) is 7.92. The van der Waals surface area contributed by atoms with Gasteiger partial charge in [0.2, 0.25) is 0 Å². The van der Waals surface area contributed by atoms with Gasteiger partial charge in [-0.25, -0.2) is 21.2 Å². The molecule has 0 spiro atoms. The minimum atomic E-state index is -4.11. The number of para-hydroxylation sites is 1. The Morgan fingerprint density at radius 1 is 0.929 bits per heavy atom. The number of rotatable bonds is 6. The summed E-state index contributed by atoms with van der Waals surface area (Å²) in [6, 6.07) is 9.66. The van der Waals surface area contributed by atoms with Crippen molar-refractivity contribution in [2.75, 3.05) is 9.44 Å². The Bertz CT molecular complexity index is 1130. The molecule has 0 aromatic heterocycles. The number of hydrogen-bond donors (Lipinski definition) is 2. The first-order valence-electron chi connectivity index (χ1n) is 8.79. The van der Waals surface area contributed by atoms with Crippen LogP contribution in [0.5, 0.6) is 0 Å². The highest BCUT2D eigenvalue weighted by atomic mass is 32.2. The summed E-state index contributed by atoms with van der Waals surface area (Å²) in [6.07, 6.45) is 4.61. The van der Waals surface area contributed by atoms with Gasteiger partial charge in [0, 0.05) is 0 Å². The fraction of sp³-hybridized carbons (Fsp3) is 0.263. The summed E-state index contributed by atoms with van der Waals surface area (Å²) in [7, 11) is -7.85. The van der Waals surface area contributed by atoms with E-state index in [9.17, 15) is 21.2 Å². The second-order valence-corrected chi connectivity index (χ2v) is 9.97. The average molecular weight is 425 g/mol. The maximum Gasteiger partial charge on any atom is 0.262 e. The topological polar surface area (TPSA) is 92.3 Å². The molecule has 2 aromatic carbocycles. The first-order valence-corrected chi connectivity index (χ1v) is 11.8. The van der Waals surface area contributed by atoms with Gasteiger partial charge in [-0.2, -0.15) is 0 Å². The van der Waals surface area contributed by atoms with E-state index in [0.717, 1.165) is 18.9 Å². The summed E-state index contributed by atoms with van der Waals surface area (Å²) in [5.74, 6) is -0.704. The number of halogens is 1. The Balaban J connectivity index is 1.91. The fourth-order valence-corrected chi connectivity index (χ4v) is 5.63. The molecule has 3 rings (SSSR count). The lowest BCUT2D eigenvalue weighted by molar-refractivity contribution is 0.596. The fourth-order valence-electron chi connectivity index (χ4n) is 2.97. The zero-order valence-corrected chi connectivity index (χ0v) is 16.9. The largest absolute Gasteiger partial charge is 0.280 e. The molecular weight excluding hydrogens is 403 g/mol. The smallest absolute Gasteiger partial charge is 0.262 e. The molecule has 0 radical (unpaired) electrons. The van der Waals surface area contributed by atoms with E-state index in [1.165, 1.54) is 36.4 Å². The van der Waals surface area contributed by atoms with Crippen LogP contribution in [-0.2, 0) is 20.0 Å². The molecule has 0 saturated heterocycles. The van der Waals surface area contributed by atoms with Crippen molar-refractivity contribution in [3.63, 3.8) is 0 Å². The lowest BCUT2D eigenvalue weighted by Gasteiger charge is -2.16. The van der Waals surface area contributed by atoms with E-state index in [4.69, 9.17) is 0 Å². The van der Waals surface area contributed by atoms with Crippen molar-refractivity contribution in [1.82, 2.24) is 0 Å². The van der Waals surface area contributed by atoms with Gasteiger partial charge in [0.15, 0.2) is 0 Å². The van der Waals surface area contributed by atoms with Gasteiger partial charge in [-0.1, -0.05) is 24.3 Å². The van der Waals surface area contributed by atoms with Crippen molar-refractivity contribution in [1.29, 1.82) is 0 Å². The molecule has 0 aliphatic heterocycles. The van der Waals surface area contributed by atoms with Crippen LogP contribution < -0.4 is 9.44 Å². The molecule has 0 amide bonds. The van der Waals surface area contributed by atoms with Crippen molar-refractivity contribution < 1.29 is 21.2 Å². The van der Waals surface area contributed by atoms with Gasteiger partial charge in [-0.05, 0) is 62.4 Å². The molecule has 0 unspecified atom stereocenters. The van der Waals surface area contributed by atoms with Crippen molar-refractivity contribution in [2.24, 2.45) is 0 Å². The molecule has 0 atom stereocenters. The molecule has 0 fully saturated rings. The Hall–Kier alpha value is -2.39. The van der Waals surface area contributed by atoms with Crippen LogP contribution in [0.1, 0.15) is 31.2 Å². The Labute approximate surface area is 164 Å². The minimum absolute atomic E-state index is 0.131. The third-order valence-corrected chi connectivity index (χ3v) is 7.52. The molecule has 6 nitrogen and oxygen atoms in total. The van der Waals surface area contributed by atoms with E-state index in [1.807, 2.05) is 0 Å². The molecule has 1 aliphatic carbocycles. The van der Waals surface area contributed by atoms with Crippen molar-refractivity contribution >= 4 is 31.4 Å². The Kier molecular flexibility index (Phi) is 5.76. The summed E-state index contributed by atoms with van der Waals surface area (Å²) in [6.45, 7) is 1.58. The van der Waals surface area contributed by atoms with Crippen LogP contribution in [-0.4, -0.2) is 16.8 Å². The van der Waals surface area contributed by atoms with Crippen LogP contribution in [0.2, 0.25) is 0 Å². The molecule has 2 N–H and O–H groups in total. The van der Waals surface area contributed by atoms with E-state index in [2.05, 4.69) is 9.44 Å². The minimum Gasteiger partial charge on any atom is -0.280 e. The molecular formula is C19H21FN2O4S2. The molecule has 1 aliphatic rings. The van der Waals surface area contributed by atoms with Crippen LogP contribution in [0.15, 0.2) is 58.3 Å². The number of sulfonamides is 2. The maximum atomic E-state index is 13.8. The van der Waals surface area contributed by atoms with Gasteiger partial charge in [0.05, 0.1) is 21.2 Å². The quantitative estimate of drug-likeness (QED) is 0.729. The molecule has 2 aromatic rings. The van der Waals surface area contributed by atoms with Crippen LogP contribution in [0.4, 0.5) is 15.8 Å². The van der Waals surface area contributed by atoms with Gasteiger partial charge in [0.1, 0.15) is 5.82 Å². The summed E-state index contributed by atoms with van der Waals surface area (Å²) in [4.78, 5) is 0.182. The predicted molar refractivity (Wildman–Crippen MR) is 107 cm³/mol. The number of aryl methyl sites for hydroxylation is 1. The van der Waals surface area contributed by atoms with E-state index >= 15 is 0 Å². The lowest BCUT2D eigenvalue weighted by Crippen LogP contribution is -2.18. The molecule has 0 bridgehead atoms. The average Bonchev–Trinajstić information content (AvgIpc) is 2.65. The van der Waals surface area contributed by atoms with Crippen LogP contribution in [0.3, 0.4) is 0 Å². The van der Waals surface area contributed by atoms with Gasteiger partial charge >= 0.3 is 0 Å². The normalized spacial score (nSPS) is 15.0. The number of hydrogen-bond acceptors (Lipinski definition) is 4. The monoisotopic (exact) mass is 424 g/mol. The molecule has 0 heterocycles. The lowest BCUT2D eigenvalue weighted by atomic mass is 10.1. The third-order valence-electron chi connectivity index (χ3n) is 4.44. The standard InChI is InChI=1S/C19H21FN2O4S2/c1-14-11-12-15(21-27(23,24)16-7-3-2-4-8-16)13-19(14)28(25,26)22-18-10-6-5-9-17(18)20/h5-7,9-13,21-22H,2-4,8H2,1H3. The van der Waals surface area contributed by atoms with Crippen molar-refractivity contribution in [3.05, 3.63) is 64.8 Å².